The SMILES string of the molecule is CC(C)C1C(C)C12C(C)CC2CC(O)(C(F)(F)F)C(F)(F)F. The van der Waals surface area contributed by atoms with Gasteiger partial charge in [-0.05, 0) is 47.8 Å². The Hall–Kier alpha value is -0.460. The molecule has 7 heteroatoms. The molecule has 0 aliphatic heterocycles. The zero-order valence-electron chi connectivity index (χ0n) is 13.0. The van der Waals surface area contributed by atoms with Crippen molar-refractivity contribution < 1.29 is 31.4 Å². The molecule has 5 unspecified atom stereocenters. The lowest BCUT2D eigenvalue weighted by atomic mass is 9.56. The van der Waals surface area contributed by atoms with Gasteiger partial charge < -0.3 is 5.11 Å². The number of aliphatic hydroxyl groups is 1. The molecule has 1 spiro atoms. The monoisotopic (exact) mass is 332 g/mol. The molecule has 0 heterocycles. The molecular weight excluding hydrogens is 310 g/mol. The quantitative estimate of drug-likeness (QED) is 0.736. The Morgan fingerprint density at radius 2 is 1.50 bits per heavy atom. The van der Waals surface area contributed by atoms with Gasteiger partial charge in [0.25, 0.3) is 5.60 Å². The molecule has 0 aromatic rings. The highest BCUT2D eigenvalue weighted by Crippen LogP contribution is 2.78. The van der Waals surface area contributed by atoms with Crippen molar-refractivity contribution in [3.05, 3.63) is 0 Å². The summed E-state index contributed by atoms with van der Waals surface area (Å²) >= 11 is 0. The van der Waals surface area contributed by atoms with Gasteiger partial charge in [0.05, 0.1) is 0 Å². The van der Waals surface area contributed by atoms with Crippen molar-refractivity contribution in [1.82, 2.24) is 0 Å². The molecule has 1 N–H and O–H groups in total. The van der Waals surface area contributed by atoms with Crippen molar-refractivity contribution in [2.45, 2.75) is 58.5 Å². The van der Waals surface area contributed by atoms with Crippen LogP contribution < -0.4 is 0 Å². The van der Waals surface area contributed by atoms with Crippen LogP contribution in [0.1, 0.15) is 40.5 Å². The molecule has 2 rings (SSSR count). The van der Waals surface area contributed by atoms with Gasteiger partial charge in [0.1, 0.15) is 0 Å². The van der Waals surface area contributed by atoms with E-state index < -0.39 is 35.7 Å². The Bertz CT molecular complexity index is 426. The van der Waals surface area contributed by atoms with Crippen LogP contribution in [0, 0.1) is 35.0 Å². The Kier molecular flexibility index (Phi) is 3.88. The van der Waals surface area contributed by atoms with E-state index in [0.717, 1.165) is 0 Å². The second-order valence-corrected chi connectivity index (χ2v) is 7.45. The topological polar surface area (TPSA) is 20.2 Å². The Morgan fingerprint density at radius 3 is 1.77 bits per heavy atom. The third-order valence-electron chi connectivity index (χ3n) is 6.19. The molecule has 2 fully saturated rings. The highest BCUT2D eigenvalue weighted by atomic mass is 19.4. The van der Waals surface area contributed by atoms with E-state index in [1.807, 2.05) is 27.7 Å². The van der Waals surface area contributed by atoms with Gasteiger partial charge >= 0.3 is 12.4 Å². The van der Waals surface area contributed by atoms with Crippen LogP contribution in [0.15, 0.2) is 0 Å². The van der Waals surface area contributed by atoms with Crippen LogP contribution in [0.3, 0.4) is 0 Å². The molecule has 0 bridgehead atoms. The molecule has 2 aliphatic rings. The van der Waals surface area contributed by atoms with Crippen molar-refractivity contribution in [3.8, 4) is 0 Å². The largest absolute Gasteiger partial charge is 0.426 e. The normalized spacial score (nSPS) is 39.3. The van der Waals surface area contributed by atoms with Gasteiger partial charge in [-0.15, -0.1) is 0 Å². The van der Waals surface area contributed by atoms with E-state index in [2.05, 4.69) is 0 Å². The number of halogens is 6. The molecule has 2 saturated carbocycles. The van der Waals surface area contributed by atoms with Crippen molar-refractivity contribution in [2.75, 3.05) is 0 Å². The summed E-state index contributed by atoms with van der Waals surface area (Å²) in [6, 6.07) is 0. The maximum atomic E-state index is 12.9. The first-order valence-electron chi connectivity index (χ1n) is 7.57. The summed E-state index contributed by atoms with van der Waals surface area (Å²) in [5, 5.41) is 9.43. The lowest BCUT2D eigenvalue weighted by Crippen LogP contribution is -2.60. The average Bonchev–Trinajstić information content (AvgIpc) is 2.95. The molecule has 22 heavy (non-hydrogen) atoms. The zero-order valence-corrected chi connectivity index (χ0v) is 13.0. The van der Waals surface area contributed by atoms with Gasteiger partial charge in [-0.25, -0.2) is 0 Å². The summed E-state index contributed by atoms with van der Waals surface area (Å²) in [6.07, 6.45) is -12.4. The first-order chi connectivity index (χ1) is 9.71. The van der Waals surface area contributed by atoms with Crippen LogP contribution in [-0.4, -0.2) is 23.1 Å². The maximum absolute atomic E-state index is 12.9. The molecule has 0 saturated heterocycles. The van der Waals surface area contributed by atoms with Crippen LogP contribution in [-0.2, 0) is 0 Å². The van der Waals surface area contributed by atoms with E-state index in [4.69, 9.17) is 0 Å². The average molecular weight is 332 g/mol. The van der Waals surface area contributed by atoms with Gasteiger partial charge in [-0.2, -0.15) is 26.3 Å². The summed E-state index contributed by atoms with van der Waals surface area (Å²) < 4.78 is 77.2. The summed E-state index contributed by atoms with van der Waals surface area (Å²) in [5.41, 5.74) is -5.08. The van der Waals surface area contributed by atoms with Gasteiger partial charge in [0.2, 0.25) is 0 Å². The fraction of sp³-hybridized carbons (Fsp3) is 1.00. The lowest BCUT2D eigenvalue weighted by Gasteiger charge is -2.50. The minimum Gasteiger partial charge on any atom is -0.374 e. The smallest absolute Gasteiger partial charge is 0.374 e. The summed E-state index contributed by atoms with van der Waals surface area (Å²) in [7, 11) is 0. The van der Waals surface area contributed by atoms with Crippen molar-refractivity contribution in [3.63, 3.8) is 0 Å². The molecule has 2 aliphatic carbocycles. The predicted molar refractivity (Wildman–Crippen MR) is 68.9 cm³/mol. The molecular formula is C15H22F6O. The fourth-order valence-corrected chi connectivity index (χ4v) is 5.31. The van der Waals surface area contributed by atoms with Gasteiger partial charge in [-0.1, -0.05) is 27.7 Å². The molecule has 0 aromatic heterocycles. The van der Waals surface area contributed by atoms with Crippen molar-refractivity contribution >= 4 is 0 Å². The van der Waals surface area contributed by atoms with E-state index in [1.165, 1.54) is 0 Å². The Balaban J connectivity index is 2.27. The number of hydrogen-bond acceptors (Lipinski definition) is 1. The predicted octanol–water partition coefficient (Wildman–Crippen LogP) is 4.80. The Morgan fingerprint density at radius 1 is 1.05 bits per heavy atom. The molecule has 130 valence electrons. The fourth-order valence-electron chi connectivity index (χ4n) is 5.31. The molecule has 0 radical (unpaired) electrons. The molecule has 1 nitrogen and oxygen atoms in total. The van der Waals surface area contributed by atoms with E-state index in [1.54, 1.807) is 0 Å². The van der Waals surface area contributed by atoms with Gasteiger partial charge in [0, 0.05) is 0 Å². The van der Waals surface area contributed by atoms with E-state index >= 15 is 0 Å². The molecule has 0 amide bonds. The van der Waals surface area contributed by atoms with Crippen LogP contribution >= 0.6 is 0 Å². The highest BCUT2D eigenvalue weighted by molar-refractivity contribution is 5.21. The molecule has 0 aromatic carbocycles. The molecule has 5 atom stereocenters. The minimum absolute atomic E-state index is 0.102. The highest BCUT2D eigenvalue weighted by Gasteiger charge is 2.78. The van der Waals surface area contributed by atoms with Crippen molar-refractivity contribution in [1.29, 1.82) is 0 Å². The Labute approximate surface area is 126 Å². The second kappa shape index (κ2) is 4.77. The van der Waals surface area contributed by atoms with Crippen LogP contribution in [0.5, 0.6) is 0 Å². The second-order valence-electron chi connectivity index (χ2n) is 7.45. The van der Waals surface area contributed by atoms with Gasteiger partial charge in [0.15, 0.2) is 0 Å². The van der Waals surface area contributed by atoms with Crippen LogP contribution in [0.2, 0.25) is 0 Å². The first kappa shape index (κ1) is 17.9. The van der Waals surface area contributed by atoms with Crippen molar-refractivity contribution in [2.24, 2.45) is 35.0 Å². The standard InChI is InChI=1S/C15H22F6O/c1-7(2)11-9(4)13(11)8(3)5-10(13)6-12(22,14(16,17)18)15(19,20)21/h7-11,22H,5-6H2,1-4H3. The first-order valence-corrected chi connectivity index (χ1v) is 7.57. The lowest BCUT2D eigenvalue weighted by molar-refractivity contribution is -0.376. The maximum Gasteiger partial charge on any atom is 0.426 e. The third-order valence-corrected chi connectivity index (χ3v) is 6.19. The number of alkyl halides is 6. The van der Waals surface area contributed by atoms with Crippen LogP contribution in [0.4, 0.5) is 26.3 Å². The van der Waals surface area contributed by atoms with E-state index in [0.29, 0.717) is 6.42 Å². The minimum atomic E-state index is -5.71. The summed E-state index contributed by atoms with van der Waals surface area (Å²) in [6.45, 7) is 7.67. The van der Waals surface area contributed by atoms with Crippen LogP contribution in [0.25, 0.3) is 0 Å². The van der Waals surface area contributed by atoms with E-state index in [9.17, 15) is 31.4 Å². The zero-order chi connectivity index (χ0) is 17.3. The summed E-state index contributed by atoms with van der Waals surface area (Å²) in [5.74, 6) is -0.187. The number of rotatable bonds is 3. The van der Waals surface area contributed by atoms with E-state index in [-0.39, 0.29) is 23.7 Å². The van der Waals surface area contributed by atoms with Gasteiger partial charge in [-0.3, -0.25) is 0 Å². The number of hydrogen-bond donors (Lipinski definition) is 1. The summed E-state index contributed by atoms with van der Waals surface area (Å²) in [4.78, 5) is 0. The third kappa shape index (κ3) is 2.10.